The molecule has 1 amide bonds. The van der Waals surface area contributed by atoms with Gasteiger partial charge in [-0.3, -0.25) is 4.79 Å². The molecule has 0 aliphatic carbocycles. The van der Waals surface area contributed by atoms with E-state index in [1.165, 1.54) is 6.26 Å². The zero-order chi connectivity index (χ0) is 17.4. The highest BCUT2D eigenvalue weighted by molar-refractivity contribution is 5.94. The number of carbonyl (C=O) groups excluding carboxylic acids is 1. The van der Waals surface area contributed by atoms with Gasteiger partial charge >= 0.3 is 0 Å². The highest BCUT2D eigenvalue weighted by Crippen LogP contribution is 2.14. The van der Waals surface area contributed by atoms with Crippen molar-refractivity contribution >= 4 is 11.6 Å². The molecule has 0 bridgehead atoms. The Kier molecular flexibility index (Phi) is 5.34. The molecule has 1 aromatic heterocycles. The molecule has 2 N–H and O–H groups in total. The van der Waals surface area contributed by atoms with Crippen molar-refractivity contribution in [3.05, 3.63) is 65.3 Å². The van der Waals surface area contributed by atoms with Gasteiger partial charge in [0.25, 0.3) is 5.91 Å². The van der Waals surface area contributed by atoms with E-state index in [1.54, 1.807) is 54.6 Å². The van der Waals surface area contributed by atoms with Crippen molar-refractivity contribution in [1.82, 2.24) is 5.32 Å². The molecule has 0 radical (unpaired) electrons. The lowest BCUT2D eigenvalue weighted by atomic mass is 10.1. The first-order chi connectivity index (χ1) is 11.7. The van der Waals surface area contributed by atoms with E-state index in [2.05, 4.69) is 10.6 Å². The van der Waals surface area contributed by atoms with Gasteiger partial charge in [0.05, 0.1) is 12.8 Å². The van der Waals surface area contributed by atoms with Gasteiger partial charge in [-0.2, -0.15) is 15.8 Å². The summed E-state index contributed by atoms with van der Waals surface area (Å²) in [5.74, 6) is 0.370. The summed E-state index contributed by atoms with van der Waals surface area (Å²) in [4.78, 5) is 12.0. The Morgan fingerprint density at radius 1 is 1.04 bits per heavy atom. The maximum absolute atomic E-state index is 12.0. The van der Waals surface area contributed by atoms with Gasteiger partial charge in [-0.05, 0) is 36.4 Å². The fourth-order valence-corrected chi connectivity index (χ4v) is 1.82. The number of hydrogen-bond acceptors (Lipinski definition) is 6. The summed E-state index contributed by atoms with van der Waals surface area (Å²) in [6, 6.07) is 14.8. The Morgan fingerprint density at radius 3 is 2.29 bits per heavy atom. The minimum atomic E-state index is -0.308. The SMILES string of the molecule is N#CC(C#N)=C(C#N)Nc1ccc(C(=O)NCc2ccco2)cc1. The van der Waals surface area contributed by atoms with Gasteiger partial charge in [-0.1, -0.05) is 0 Å². The Balaban J connectivity index is 2.04. The molecule has 24 heavy (non-hydrogen) atoms. The maximum Gasteiger partial charge on any atom is 0.251 e. The highest BCUT2D eigenvalue weighted by atomic mass is 16.3. The summed E-state index contributed by atoms with van der Waals surface area (Å²) in [6.07, 6.45) is 1.53. The molecule has 7 nitrogen and oxygen atoms in total. The second-order valence-electron chi connectivity index (χ2n) is 4.55. The second-order valence-corrected chi connectivity index (χ2v) is 4.55. The summed E-state index contributed by atoms with van der Waals surface area (Å²) in [7, 11) is 0. The summed E-state index contributed by atoms with van der Waals surface area (Å²) >= 11 is 0. The molecular weight excluding hydrogens is 306 g/mol. The van der Waals surface area contributed by atoms with Gasteiger partial charge in [-0.25, -0.2) is 0 Å². The van der Waals surface area contributed by atoms with E-state index in [-0.39, 0.29) is 23.7 Å². The zero-order valence-electron chi connectivity index (χ0n) is 12.4. The van der Waals surface area contributed by atoms with Crippen molar-refractivity contribution in [1.29, 1.82) is 15.8 Å². The molecule has 0 spiro atoms. The lowest BCUT2D eigenvalue weighted by molar-refractivity contribution is 0.0948. The molecule has 2 aromatic rings. The molecule has 1 heterocycles. The van der Waals surface area contributed by atoms with E-state index in [0.29, 0.717) is 17.0 Å². The Labute approximate surface area is 138 Å². The molecule has 116 valence electrons. The van der Waals surface area contributed by atoms with Crippen LogP contribution in [0.15, 0.2) is 58.3 Å². The molecule has 0 atom stereocenters. The quantitative estimate of drug-likeness (QED) is 0.816. The van der Waals surface area contributed by atoms with E-state index >= 15 is 0 Å². The van der Waals surface area contributed by atoms with Gasteiger partial charge in [0.15, 0.2) is 5.57 Å². The van der Waals surface area contributed by atoms with Crippen LogP contribution < -0.4 is 10.6 Å². The van der Waals surface area contributed by atoms with Crippen LogP contribution in [0.2, 0.25) is 0 Å². The third-order valence-corrected chi connectivity index (χ3v) is 3.01. The topological polar surface area (TPSA) is 126 Å². The number of allylic oxidation sites excluding steroid dienone is 2. The first-order valence-electron chi connectivity index (χ1n) is 6.80. The van der Waals surface area contributed by atoms with Crippen molar-refractivity contribution in [3.8, 4) is 18.2 Å². The van der Waals surface area contributed by atoms with Crippen LogP contribution in [0.5, 0.6) is 0 Å². The molecule has 0 unspecified atom stereocenters. The number of rotatable bonds is 5. The predicted octanol–water partition coefficient (Wildman–Crippen LogP) is 2.45. The lowest BCUT2D eigenvalue weighted by Gasteiger charge is -2.07. The van der Waals surface area contributed by atoms with Crippen LogP contribution in [-0.2, 0) is 6.54 Å². The van der Waals surface area contributed by atoms with Crippen LogP contribution in [0, 0.1) is 34.0 Å². The fourth-order valence-electron chi connectivity index (χ4n) is 1.82. The Morgan fingerprint density at radius 2 is 1.75 bits per heavy atom. The first kappa shape index (κ1) is 16.4. The number of benzene rings is 1. The average molecular weight is 317 g/mol. The zero-order valence-corrected chi connectivity index (χ0v) is 12.4. The van der Waals surface area contributed by atoms with Crippen LogP contribution in [0.4, 0.5) is 5.69 Å². The fraction of sp³-hybridized carbons (Fsp3) is 0.0588. The third-order valence-electron chi connectivity index (χ3n) is 3.01. The van der Waals surface area contributed by atoms with E-state index in [4.69, 9.17) is 20.2 Å². The molecular formula is C17H11N5O2. The van der Waals surface area contributed by atoms with Gasteiger partial charge < -0.3 is 15.1 Å². The number of carbonyl (C=O) groups is 1. The Hall–Kier alpha value is -4.02. The first-order valence-corrected chi connectivity index (χ1v) is 6.80. The summed E-state index contributed by atoms with van der Waals surface area (Å²) in [5, 5.41) is 31.9. The molecule has 0 aliphatic heterocycles. The second kappa shape index (κ2) is 7.84. The van der Waals surface area contributed by atoms with Crippen LogP contribution in [0.25, 0.3) is 0 Å². The van der Waals surface area contributed by atoms with Gasteiger partial charge in [0, 0.05) is 11.3 Å². The standard InChI is InChI=1S/C17H11N5O2/c18-8-13(9-19)16(10-20)22-14-5-3-12(4-6-14)17(23)21-11-15-2-1-7-24-15/h1-7,22H,11H2,(H,21,23). The average Bonchev–Trinajstić information content (AvgIpc) is 3.14. The molecule has 2 rings (SSSR count). The molecule has 0 saturated heterocycles. The normalized spacial score (nSPS) is 9.04. The number of nitriles is 3. The number of hydrogen-bond donors (Lipinski definition) is 2. The van der Waals surface area contributed by atoms with Gasteiger partial charge in [0.1, 0.15) is 29.7 Å². The molecule has 0 fully saturated rings. The monoisotopic (exact) mass is 317 g/mol. The molecule has 0 aliphatic rings. The maximum atomic E-state index is 12.0. The predicted molar refractivity (Wildman–Crippen MR) is 83.8 cm³/mol. The minimum absolute atomic E-state index is 0.143. The van der Waals surface area contributed by atoms with Crippen LogP contribution in [0.1, 0.15) is 16.1 Å². The Bertz CT molecular complexity index is 859. The van der Waals surface area contributed by atoms with Crippen molar-refractivity contribution in [2.24, 2.45) is 0 Å². The summed E-state index contributed by atoms with van der Waals surface area (Å²) in [6.45, 7) is 0.279. The smallest absolute Gasteiger partial charge is 0.251 e. The van der Waals surface area contributed by atoms with Crippen molar-refractivity contribution in [2.75, 3.05) is 5.32 Å². The van der Waals surface area contributed by atoms with Crippen LogP contribution in [-0.4, -0.2) is 5.91 Å². The van der Waals surface area contributed by atoms with Gasteiger partial charge in [0.2, 0.25) is 0 Å². The number of amides is 1. The minimum Gasteiger partial charge on any atom is -0.467 e. The van der Waals surface area contributed by atoms with Crippen molar-refractivity contribution in [2.45, 2.75) is 6.54 Å². The highest BCUT2D eigenvalue weighted by Gasteiger charge is 2.08. The molecule has 1 aromatic carbocycles. The van der Waals surface area contributed by atoms with E-state index in [0.717, 1.165) is 0 Å². The molecule has 7 heteroatoms. The van der Waals surface area contributed by atoms with Crippen LogP contribution in [0.3, 0.4) is 0 Å². The summed E-state index contributed by atoms with van der Waals surface area (Å²) in [5.41, 5.74) is 0.459. The van der Waals surface area contributed by atoms with E-state index < -0.39 is 0 Å². The van der Waals surface area contributed by atoms with E-state index in [9.17, 15) is 4.79 Å². The van der Waals surface area contributed by atoms with Gasteiger partial charge in [-0.15, -0.1) is 0 Å². The van der Waals surface area contributed by atoms with Crippen LogP contribution >= 0.6 is 0 Å². The number of nitrogens with one attached hydrogen (secondary N) is 2. The number of furan rings is 1. The largest absolute Gasteiger partial charge is 0.467 e. The third kappa shape index (κ3) is 4.00. The lowest BCUT2D eigenvalue weighted by Crippen LogP contribution is -2.22. The summed E-state index contributed by atoms with van der Waals surface area (Å²) < 4.78 is 5.13. The number of anilines is 1. The number of nitrogens with zero attached hydrogens (tertiary/aromatic N) is 3. The molecule has 0 saturated carbocycles. The van der Waals surface area contributed by atoms with Crippen molar-refractivity contribution in [3.63, 3.8) is 0 Å². The van der Waals surface area contributed by atoms with E-state index in [1.807, 2.05) is 0 Å². The van der Waals surface area contributed by atoms with Crippen molar-refractivity contribution < 1.29 is 9.21 Å².